The molecule has 1 heterocycles. The fourth-order valence-corrected chi connectivity index (χ4v) is 4.43. The molecule has 0 aliphatic heterocycles. The van der Waals surface area contributed by atoms with Crippen LogP contribution >= 0.6 is 11.3 Å². The van der Waals surface area contributed by atoms with Gasteiger partial charge in [0.15, 0.2) is 6.61 Å². The summed E-state index contributed by atoms with van der Waals surface area (Å²) in [6, 6.07) is 5.30. The van der Waals surface area contributed by atoms with E-state index in [1.165, 1.54) is 36.5 Å². The van der Waals surface area contributed by atoms with Crippen LogP contribution in [0.3, 0.4) is 0 Å². The molecule has 1 aliphatic carbocycles. The van der Waals surface area contributed by atoms with Crippen molar-refractivity contribution in [2.45, 2.75) is 32.6 Å². The molecule has 8 nitrogen and oxygen atoms in total. The number of halogens is 1. The number of aryl methyl sites for hydroxylation is 1. The van der Waals surface area contributed by atoms with E-state index in [9.17, 15) is 23.6 Å². The Morgan fingerprint density at radius 2 is 1.83 bits per heavy atom. The Labute approximate surface area is 175 Å². The van der Waals surface area contributed by atoms with Crippen LogP contribution in [0.15, 0.2) is 24.3 Å². The minimum atomic E-state index is -0.840. The molecule has 0 bridgehead atoms. The number of hydrogen-bond acceptors (Lipinski definition) is 6. The van der Waals surface area contributed by atoms with Gasteiger partial charge in [-0.2, -0.15) is 0 Å². The number of carbonyl (C=O) groups is 4. The SMILES string of the molecule is CC(=O)Nc1sc2c(c1C(=O)OCC(=O)NNC(=O)c1ccccc1F)CCCC2. The van der Waals surface area contributed by atoms with Crippen LogP contribution in [-0.4, -0.2) is 30.3 Å². The molecule has 30 heavy (non-hydrogen) atoms. The quantitative estimate of drug-likeness (QED) is 0.495. The van der Waals surface area contributed by atoms with E-state index in [1.54, 1.807) is 0 Å². The van der Waals surface area contributed by atoms with Crippen LogP contribution < -0.4 is 16.2 Å². The predicted octanol–water partition coefficient (Wildman–Crippen LogP) is 2.34. The lowest BCUT2D eigenvalue weighted by Crippen LogP contribution is -2.43. The molecule has 0 radical (unpaired) electrons. The third-order valence-corrected chi connectivity index (χ3v) is 5.64. The summed E-state index contributed by atoms with van der Waals surface area (Å²) in [5, 5.41) is 3.06. The van der Waals surface area contributed by atoms with Crippen LogP contribution in [0.25, 0.3) is 0 Å². The fourth-order valence-electron chi connectivity index (χ4n) is 3.11. The Hall–Kier alpha value is -3.27. The molecule has 3 N–H and O–H groups in total. The zero-order chi connectivity index (χ0) is 21.7. The molecule has 1 aromatic heterocycles. The number of esters is 1. The molecule has 0 atom stereocenters. The van der Waals surface area contributed by atoms with E-state index in [2.05, 4.69) is 16.2 Å². The number of carbonyl (C=O) groups excluding carboxylic acids is 4. The first-order valence-electron chi connectivity index (χ1n) is 9.29. The third kappa shape index (κ3) is 5.01. The maximum atomic E-state index is 13.6. The van der Waals surface area contributed by atoms with Gasteiger partial charge < -0.3 is 10.1 Å². The van der Waals surface area contributed by atoms with Crippen LogP contribution in [0.2, 0.25) is 0 Å². The van der Waals surface area contributed by atoms with Crippen LogP contribution in [0, 0.1) is 5.82 Å². The topological polar surface area (TPSA) is 114 Å². The van der Waals surface area contributed by atoms with Crippen molar-refractivity contribution in [1.82, 2.24) is 10.9 Å². The van der Waals surface area contributed by atoms with Gasteiger partial charge in [0.1, 0.15) is 10.8 Å². The van der Waals surface area contributed by atoms with E-state index >= 15 is 0 Å². The van der Waals surface area contributed by atoms with Crippen molar-refractivity contribution in [1.29, 1.82) is 0 Å². The highest BCUT2D eigenvalue weighted by Crippen LogP contribution is 2.38. The number of hydrogen-bond donors (Lipinski definition) is 3. The normalized spacial score (nSPS) is 12.5. The molecule has 0 spiro atoms. The Bertz CT molecular complexity index is 1000. The molecule has 0 saturated carbocycles. The van der Waals surface area contributed by atoms with Crippen molar-refractivity contribution in [2.75, 3.05) is 11.9 Å². The third-order valence-electron chi connectivity index (χ3n) is 4.43. The van der Waals surface area contributed by atoms with Crippen molar-refractivity contribution in [3.05, 3.63) is 51.7 Å². The Balaban J connectivity index is 1.59. The molecule has 0 unspecified atom stereocenters. The van der Waals surface area contributed by atoms with Crippen LogP contribution in [0.1, 0.15) is 50.9 Å². The molecule has 158 valence electrons. The molecule has 10 heteroatoms. The number of rotatable bonds is 5. The highest BCUT2D eigenvalue weighted by Gasteiger charge is 2.27. The first-order chi connectivity index (χ1) is 14.4. The van der Waals surface area contributed by atoms with Crippen molar-refractivity contribution < 1.29 is 28.3 Å². The molecule has 0 fully saturated rings. The summed E-state index contributed by atoms with van der Waals surface area (Å²) in [6.07, 6.45) is 3.45. The summed E-state index contributed by atoms with van der Waals surface area (Å²) in [4.78, 5) is 48.9. The highest BCUT2D eigenvalue weighted by molar-refractivity contribution is 7.17. The Morgan fingerprint density at radius 1 is 1.10 bits per heavy atom. The van der Waals surface area contributed by atoms with Crippen LogP contribution in [-0.2, 0) is 27.2 Å². The summed E-state index contributed by atoms with van der Waals surface area (Å²) in [6.45, 7) is 0.694. The largest absolute Gasteiger partial charge is 0.452 e. The zero-order valence-corrected chi connectivity index (χ0v) is 17.0. The van der Waals surface area contributed by atoms with E-state index < -0.39 is 30.2 Å². The van der Waals surface area contributed by atoms with E-state index in [-0.39, 0.29) is 17.0 Å². The summed E-state index contributed by atoms with van der Waals surface area (Å²) < 4.78 is 18.6. The van der Waals surface area contributed by atoms with E-state index in [0.29, 0.717) is 11.4 Å². The number of nitrogens with one attached hydrogen (secondary N) is 3. The minimum absolute atomic E-state index is 0.236. The van der Waals surface area contributed by atoms with Gasteiger partial charge >= 0.3 is 5.97 Å². The zero-order valence-electron chi connectivity index (χ0n) is 16.2. The minimum Gasteiger partial charge on any atom is -0.452 e. The molecule has 3 amide bonds. The average Bonchev–Trinajstić information content (AvgIpc) is 3.07. The van der Waals surface area contributed by atoms with Crippen LogP contribution in [0.5, 0.6) is 0 Å². The number of hydrazine groups is 1. The van der Waals surface area contributed by atoms with E-state index in [0.717, 1.165) is 35.8 Å². The summed E-state index contributed by atoms with van der Waals surface area (Å²) >= 11 is 1.34. The van der Waals surface area contributed by atoms with Crippen molar-refractivity contribution in [3.63, 3.8) is 0 Å². The van der Waals surface area contributed by atoms with Gasteiger partial charge in [-0.1, -0.05) is 12.1 Å². The van der Waals surface area contributed by atoms with Gasteiger partial charge in [-0.25, -0.2) is 9.18 Å². The molecule has 0 saturated heterocycles. The fraction of sp³-hybridized carbons (Fsp3) is 0.300. The van der Waals surface area contributed by atoms with Crippen molar-refractivity contribution in [2.24, 2.45) is 0 Å². The number of anilines is 1. The van der Waals surface area contributed by atoms with Gasteiger partial charge in [-0.3, -0.25) is 25.2 Å². The van der Waals surface area contributed by atoms with Crippen molar-refractivity contribution >= 4 is 40.0 Å². The molecule has 1 aromatic carbocycles. The van der Waals surface area contributed by atoms with Gasteiger partial charge in [-0.15, -0.1) is 11.3 Å². The van der Waals surface area contributed by atoms with Crippen molar-refractivity contribution in [3.8, 4) is 0 Å². The molecule has 3 rings (SSSR count). The van der Waals surface area contributed by atoms with Gasteiger partial charge in [0, 0.05) is 11.8 Å². The lowest BCUT2D eigenvalue weighted by Gasteiger charge is -2.13. The summed E-state index contributed by atoms with van der Waals surface area (Å²) in [5.74, 6) is -3.40. The second-order valence-corrected chi connectivity index (χ2v) is 7.76. The lowest BCUT2D eigenvalue weighted by molar-refractivity contribution is -0.125. The van der Waals surface area contributed by atoms with Gasteiger partial charge in [0.05, 0.1) is 11.1 Å². The summed E-state index contributed by atoms with van der Waals surface area (Å²) in [5.41, 5.74) is 5.01. The standard InChI is InChI=1S/C20H20FN3O5S/c1-11(25)22-19-17(13-7-3-5-9-15(13)30-19)20(28)29-10-16(26)23-24-18(27)12-6-2-4-8-14(12)21/h2,4,6,8H,3,5,7,9-10H2,1H3,(H,22,25)(H,23,26)(H,24,27). The predicted molar refractivity (Wildman–Crippen MR) is 108 cm³/mol. The lowest BCUT2D eigenvalue weighted by atomic mass is 9.95. The van der Waals surface area contributed by atoms with Gasteiger partial charge in [-0.05, 0) is 43.4 Å². The number of thiophene rings is 1. The van der Waals surface area contributed by atoms with Gasteiger partial charge in [0.25, 0.3) is 11.8 Å². The van der Waals surface area contributed by atoms with Crippen LogP contribution in [0.4, 0.5) is 9.39 Å². The van der Waals surface area contributed by atoms with Gasteiger partial charge in [0.2, 0.25) is 5.91 Å². The first-order valence-corrected chi connectivity index (χ1v) is 10.1. The highest BCUT2D eigenvalue weighted by atomic mass is 32.1. The Morgan fingerprint density at radius 3 is 2.57 bits per heavy atom. The molecular weight excluding hydrogens is 413 g/mol. The number of ether oxygens (including phenoxy) is 1. The molecule has 2 aromatic rings. The second kappa shape index (κ2) is 9.49. The van der Waals surface area contributed by atoms with E-state index in [1.807, 2.05) is 0 Å². The first kappa shape index (κ1) is 21.4. The maximum absolute atomic E-state index is 13.6. The smallest absolute Gasteiger partial charge is 0.341 e. The average molecular weight is 433 g/mol. The summed E-state index contributed by atoms with van der Waals surface area (Å²) in [7, 11) is 0. The monoisotopic (exact) mass is 433 g/mol. The number of amides is 3. The molecule has 1 aliphatic rings. The number of benzene rings is 1. The Kier molecular flexibility index (Phi) is 6.78. The maximum Gasteiger partial charge on any atom is 0.341 e. The second-order valence-electron chi connectivity index (χ2n) is 6.65. The van der Waals surface area contributed by atoms with E-state index in [4.69, 9.17) is 4.74 Å². The number of fused-ring (bicyclic) bond motifs is 1. The molecular formula is C20H20FN3O5S.